The highest BCUT2D eigenvalue weighted by atomic mass is 16.5. The molecule has 8 nitrogen and oxygen atoms in total. The zero-order chi connectivity index (χ0) is 17.4. The van der Waals surface area contributed by atoms with Crippen LogP contribution < -0.4 is 5.32 Å². The van der Waals surface area contributed by atoms with E-state index in [-0.39, 0.29) is 5.91 Å². The van der Waals surface area contributed by atoms with Gasteiger partial charge in [0.25, 0.3) is 5.89 Å². The van der Waals surface area contributed by atoms with E-state index in [9.17, 15) is 4.79 Å². The Kier molecular flexibility index (Phi) is 3.50. The maximum Gasteiger partial charge on any atom is 0.258 e. The van der Waals surface area contributed by atoms with Gasteiger partial charge >= 0.3 is 0 Å². The van der Waals surface area contributed by atoms with Gasteiger partial charge in [-0.25, -0.2) is 4.68 Å². The van der Waals surface area contributed by atoms with Crippen molar-refractivity contribution < 1.29 is 9.32 Å². The molecule has 0 fully saturated rings. The van der Waals surface area contributed by atoms with Crippen LogP contribution in [0.1, 0.15) is 6.92 Å². The predicted molar refractivity (Wildman–Crippen MR) is 91.5 cm³/mol. The van der Waals surface area contributed by atoms with E-state index in [1.165, 1.54) is 6.92 Å². The van der Waals surface area contributed by atoms with Gasteiger partial charge in [0.05, 0.1) is 5.52 Å². The third kappa shape index (κ3) is 2.85. The molecule has 8 heteroatoms. The molecule has 0 spiro atoms. The topological polar surface area (TPSA) is 98.7 Å². The van der Waals surface area contributed by atoms with Crippen LogP contribution in [0.3, 0.4) is 0 Å². The maximum atomic E-state index is 11.2. The molecular formula is C17H14N6O2. The van der Waals surface area contributed by atoms with E-state index in [4.69, 9.17) is 4.52 Å². The fourth-order valence-electron chi connectivity index (χ4n) is 2.57. The lowest BCUT2D eigenvalue weighted by molar-refractivity contribution is -0.114. The predicted octanol–water partition coefficient (Wildman–Crippen LogP) is 2.64. The van der Waals surface area contributed by atoms with Gasteiger partial charge in [0.1, 0.15) is 5.52 Å². The Bertz CT molecular complexity index is 1080. The molecule has 4 aromatic rings. The van der Waals surface area contributed by atoms with Crippen LogP contribution in [-0.2, 0) is 11.8 Å². The molecule has 2 heterocycles. The molecule has 0 aliphatic carbocycles. The molecule has 124 valence electrons. The van der Waals surface area contributed by atoms with Gasteiger partial charge in [-0.3, -0.25) is 4.79 Å². The number of carbonyl (C=O) groups is 1. The Morgan fingerprint density at radius 2 is 2.04 bits per heavy atom. The molecule has 25 heavy (non-hydrogen) atoms. The molecule has 1 amide bonds. The summed E-state index contributed by atoms with van der Waals surface area (Å²) >= 11 is 0. The van der Waals surface area contributed by atoms with Crippen LogP contribution in [0.4, 0.5) is 5.69 Å². The number of aromatic nitrogens is 5. The molecule has 4 rings (SSSR count). The monoisotopic (exact) mass is 334 g/mol. The van der Waals surface area contributed by atoms with E-state index >= 15 is 0 Å². The zero-order valence-corrected chi connectivity index (χ0v) is 13.6. The van der Waals surface area contributed by atoms with E-state index < -0.39 is 0 Å². The van der Waals surface area contributed by atoms with Crippen LogP contribution in [0.25, 0.3) is 33.9 Å². The Hall–Kier alpha value is -3.55. The highest BCUT2D eigenvalue weighted by Gasteiger charge is 2.13. The minimum absolute atomic E-state index is 0.138. The van der Waals surface area contributed by atoms with E-state index in [2.05, 4.69) is 25.8 Å². The van der Waals surface area contributed by atoms with Crippen LogP contribution in [0, 0.1) is 0 Å². The van der Waals surface area contributed by atoms with E-state index in [1.54, 1.807) is 16.8 Å². The summed E-state index contributed by atoms with van der Waals surface area (Å²) in [5, 5.41) is 14.8. The van der Waals surface area contributed by atoms with Crippen molar-refractivity contribution in [3.05, 3.63) is 42.5 Å². The number of nitrogens with zero attached hydrogens (tertiary/aromatic N) is 5. The first-order chi connectivity index (χ1) is 12.1. The highest BCUT2D eigenvalue weighted by Crippen LogP contribution is 2.25. The number of benzene rings is 2. The van der Waals surface area contributed by atoms with Crippen molar-refractivity contribution in [2.24, 2.45) is 7.05 Å². The number of nitrogens with one attached hydrogen (secondary N) is 1. The van der Waals surface area contributed by atoms with Crippen molar-refractivity contribution >= 4 is 22.6 Å². The fraction of sp³-hybridized carbons (Fsp3) is 0.118. The Labute approximate surface area is 142 Å². The van der Waals surface area contributed by atoms with Gasteiger partial charge in [0.15, 0.2) is 0 Å². The molecule has 1 N–H and O–H groups in total. The van der Waals surface area contributed by atoms with Gasteiger partial charge < -0.3 is 9.84 Å². The lowest BCUT2D eigenvalue weighted by atomic mass is 10.2. The summed E-state index contributed by atoms with van der Waals surface area (Å²) in [7, 11) is 1.84. The summed E-state index contributed by atoms with van der Waals surface area (Å²) in [5.41, 5.74) is 3.88. The van der Waals surface area contributed by atoms with Gasteiger partial charge in [-0.2, -0.15) is 4.98 Å². The number of anilines is 1. The van der Waals surface area contributed by atoms with Crippen LogP contribution in [-0.4, -0.2) is 31.0 Å². The zero-order valence-electron chi connectivity index (χ0n) is 13.6. The molecule has 0 aliphatic heterocycles. The normalized spacial score (nSPS) is 11.0. The van der Waals surface area contributed by atoms with E-state index in [1.807, 2.05) is 37.4 Å². The Balaban J connectivity index is 1.68. The molecule has 0 aliphatic rings. The van der Waals surface area contributed by atoms with E-state index in [0.29, 0.717) is 17.4 Å². The average Bonchev–Trinajstić information content (AvgIpc) is 3.22. The van der Waals surface area contributed by atoms with Crippen molar-refractivity contribution in [3.8, 4) is 22.8 Å². The summed E-state index contributed by atoms with van der Waals surface area (Å²) in [6, 6.07) is 12.9. The number of hydrogen-bond acceptors (Lipinski definition) is 6. The lowest BCUT2D eigenvalue weighted by Gasteiger charge is -2.02. The largest absolute Gasteiger partial charge is 0.334 e. The summed E-state index contributed by atoms with van der Waals surface area (Å²) in [5.74, 6) is 0.703. The van der Waals surface area contributed by atoms with Crippen molar-refractivity contribution in [1.82, 2.24) is 25.1 Å². The second kappa shape index (κ2) is 5.82. The maximum absolute atomic E-state index is 11.2. The smallest absolute Gasteiger partial charge is 0.258 e. The molecule has 0 saturated heterocycles. The molecule has 0 saturated carbocycles. The number of fused-ring (bicyclic) bond motifs is 1. The van der Waals surface area contributed by atoms with Crippen molar-refractivity contribution in [1.29, 1.82) is 0 Å². The Morgan fingerprint density at radius 1 is 1.16 bits per heavy atom. The summed E-state index contributed by atoms with van der Waals surface area (Å²) in [4.78, 5) is 15.6. The third-order valence-electron chi connectivity index (χ3n) is 3.72. The van der Waals surface area contributed by atoms with Crippen LogP contribution >= 0.6 is 0 Å². The highest BCUT2D eigenvalue weighted by molar-refractivity contribution is 5.89. The first-order valence-electron chi connectivity index (χ1n) is 7.62. The third-order valence-corrected chi connectivity index (χ3v) is 3.72. The minimum atomic E-state index is -0.138. The van der Waals surface area contributed by atoms with Gasteiger partial charge in [-0.05, 0) is 36.4 Å². The SMILES string of the molecule is CC(=O)Nc1cccc(-c2nc(-c3ccc4c(c3)nnn4C)no2)c1. The number of rotatable bonds is 3. The van der Waals surface area contributed by atoms with Gasteiger partial charge in [0.2, 0.25) is 11.7 Å². The summed E-state index contributed by atoms with van der Waals surface area (Å²) in [6.07, 6.45) is 0. The lowest BCUT2D eigenvalue weighted by Crippen LogP contribution is -2.05. The fourth-order valence-corrected chi connectivity index (χ4v) is 2.57. The summed E-state index contributed by atoms with van der Waals surface area (Å²) < 4.78 is 7.07. The molecule has 0 radical (unpaired) electrons. The van der Waals surface area contributed by atoms with Gasteiger partial charge in [-0.15, -0.1) is 5.10 Å². The van der Waals surface area contributed by atoms with Crippen LogP contribution in [0.5, 0.6) is 0 Å². The summed E-state index contributed by atoms with van der Waals surface area (Å²) in [6.45, 7) is 1.46. The number of amides is 1. The second-order valence-corrected chi connectivity index (χ2v) is 5.60. The number of hydrogen-bond donors (Lipinski definition) is 1. The minimum Gasteiger partial charge on any atom is -0.334 e. The molecule has 2 aromatic heterocycles. The first kappa shape index (κ1) is 15.0. The van der Waals surface area contributed by atoms with Crippen molar-refractivity contribution in [2.75, 3.05) is 5.32 Å². The molecular weight excluding hydrogens is 320 g/mol. The molecule has 0 unspecified atom stereocenters. The second-order valence-electron chi connectivity index (χ2n) is 5.60. The quantitative estimate of drug-likeness (QED) is 0.618. The van der Waals surface area contributed by atoms with Crippen molar-refractivity contribution in [3.63, 3.8) is 0 Å². The van der Waals surface area contributed by atoms with Gasteiger partial charge in [0, 0.05) is 30.8 Å². The number of carbonyl (C=O) groups excluding carboxylic acids is 1. The van der Waals surface area contributed by atoms with Crippen LogP contribution in [0.15, 0.2) is 47.0 Å². The van der Waals surface area contributed by atoms with Crippen molar-refractivity contribution in [2.45, 2.75) is 6.92 Å². The van der Waals surface area contributed by atoms with Gasteiger partial charge in [-0.1, -0.05) is 16.4 Å². The first-order valence-corrected chi connectivity index (χ1v) is 7.62. The van der Waals surface area contributed by atoms with Crippen LogP contribution in [0.2, 0.25) is 0 Å². The molecule has 0 bridgehead atoms. The average molecular weight is 334 g/mol. The van der Waals surface area contributed by atoms with E-state index in [0.717, 1.165) is 22.2 Å². The Morgan fingerprint density at radius 3 is 2.88 bits per heavy atom. The molecule has 0 atom stereocenters. The molecule has 2 aromatic carbocycles. The standard InChI is InChI=1S/C17H14N6O2/c1-10(24)18-13-5-3-4-12(8-13)17-19-16(21-25-17)11-6-7-15-14(9-11)20-22-23(15)2/h3-9H,1-2H3,(H,18,24). The number of aryl methyl sites for hydroxylation is 1.